The van der Waals surface area contributed by atoms with Gasteiger partial charge >= 0.3 is 0 Å². The third kappa shape index (κ3) is 2.46. The van der Waals surface area contributed by atoms with Crippen LogP contribution in [0.4, 0.5) is 0 Å². The molecule has 0 saturated heterocycles. The van der Waals surface area contributed by atoms with E-state index in [1.54, 1.807) is 6.92 Å². The summed E-state index contributed by atoms with van der Waals surface area (Å²) in [5.74, 6) is -0.299. The van der Waals surface area contributed by atoms with E-state index in [1.165, 1.54) is 0 Å². The van der Waals surface area contributed by atoms with E-state index < -0.39 is 6.04 Å². The van der Waals surface area contributed by atoms with Gasteiger partial charge in [0, 0.05) is 18.2 Å². The van der Waals surface area contributed by atoms with Crippen LogP contribution < -0.4 is 5.32 Å². The van der Waals surface area contributed by atoms with Gasteiger partial charge in [-0.15, -0.1) is 0 Å². The first-order chi connectivity index (χ1) is 5.67. The van der Waals surface area contributed by atoms with Crippen molar-refractivity contribution >= 4 is 5.91 Å². The van der Waals surface area contributed by atoms with Crippen molar-refractivity contribution in [1.82, 2.24) is 10.2 Å². The van der Waals surface area contributed by atoms with Crippen LogP contribution in [0.15, 0.2) is 0 Å². The SMILES string of the molecule is [2H]CN[C@@H](C)C(=O)N(C[2H])C[2H]. The van der Waals surface area contributed by atoms with Crippen LogP contribution in [0, 0.1) is 0 Å². The molecule has 9 heavy (non-hydrogen) atoms. The van der Waals surface area contributed by atoms with Gasteiger partial charge in [-0.3, -0.25) is 4.79 Å². The smallest absolute Gasteiger partial charge is 0.238 e. The maximum Gasteiger partial charge on any atom is 0.238 e. The van der Waals surface area contributed by atoms with Gasteiger partial charge in [0.25, 0.3) is 0 Å². The number of hydrogen-bond acceptors (Lipinski definition) is 2. The summed E-state index contributed by atoms with van der Waals surface area (Å²) in [5, 5.41) is 2.60. The summed E-state index contributed by atoms with van der Waals surface area (Å²) in [6.07, 6.45) is 0. The zero-order valence-corrected chi connectivity index (χ0v) is 5.55. The quantitative estimate of drug-likeness (QED) is 0.560. The summed E-state index contributed by atoms with van der Waals surface area (Å²) in [6.45, 7) is 1.62. The van der Waals surface area contributed by atoms with Gasteiger partial charge in [0.05, 0.1) is 6.04 Å². The summed E-state index contributed by atoms with van der Waals surface area (Å²) >= 11 is 0. The van der Waals surface area contributed by atoms with Crippen LogP contribution in [-0.2, 0) is 4.79 Å². The van der Waals surface area contributed by atoms with E-state index >= 15 is 0 Å². The molecule has 54 valence electrons. The van der Waals surface area contributed by atoms with Gasteiger partial charge in [0.15, 0.2) is 0 Å². The van der Waals surface area contributed by atoms with Gasteiger partial charge in [-0.1, -0.05) is 0 Å². The Morgan fingerprint density at radius 1 is 1.78 bits per heavy atom. The van der Waals surface area contributed by atoms with Crippen molar-refractivity contribution in [2.45, 2.75) is 13.0 Å². The first-order valence-electron chi connectivity index (χ1n) is 4.69. The fraction of sp³-hybridized carbons (Fsp3) is 0.833. The number of nitrogens with zero attached hydrogens (tertiary/aromatic N) is 1. The molecular weight excluding hydrogens is 116 g/mol. The Balaban J connectivity index is 3.97. The van der Waals surface area contributed by atoms with Crippen molar-refractivity contribution in [3.8, 4) is 0 Å². The molecule has 0 saturated carbocycles. The standard InChI is InChI=1S/C6H14N2O/c1-5(7-2)6(9)8(3)4/h5,7H,1-4H3/t5-/m0/s1/i2D,3D,4D. The molecule has 1 atom stereocenters. The lowest BCUT2D eigenvalue weighted by molar-refractivity contribution is -0.130. The number of carbonyl (C=O) groups is 1. The highest BCUT2D eigenvalue weighted by molar-refractivity contribution is 5.80. The Bertz CT molecular complexity index is 141. The lowest BCUT2D eigenvalue weighted by Gasteiger charge is -2.15. The zero-order chi connectivity index (χ0) is 9.56. The van der Waals surface area contributed by atoms with E-state index in [9.17, 15) is 4.79 Å². The van der Waals surface area contributed by atoms with Gasteiger partial charge in [0.2, 0.25) is 5.91 Å². The van der Waals surface area contributed by atoms with E-state index in [4.69, 9.17) is 4.11 Å². The first-order valence-corrected chi connectivity index (χ1v) is 2.57. The molecule has 0 fully saturated rings. The van der Waals surface area contributed by atoms with Crippen LogP contribution in [0.2, 0.25) is 0 Å². The second-order valence-electron chi connectivity index (χ2n) is 1.80. The molecule has 0 bridgehead atoms. The van der Waals surface area contributed by atoms with E-state index in [2.05, 4.69) is 5.32 Å². The van der Waals surface area contributed by atoms with Crippen molar-refractivity contribution in [2.75, 3.05) is 21.1 Å². The molecular formula is C6H14N2O. The minimum atomic E-state index is -0.474. The molecule has 0 aliphatic rings. The van der Waals surface area contributed by atoms with Crippen LogP contribution >= 0.6 is 0 Å². The Labute approximate surface area is 60.3 Å². The average Bonchev–Trinajstić information content (AvgIpc) is 2.07. The Kier molecular flexibility index (Phi) is 1.64. The Hall–Kier alpha value is -0.570. The predicted molar refractivity (Wildman–Crippen MR) is 37.2 cm³/mol. The number of carbonyl (C=O) groups excluding carboxylic acids is 1. The molecule has 0 aliphatic heterocycles. The third-order valence-electron chi connectivity index (χ3n) is 0.988. The molecule has 0 aromatic rings. The Morgan fingerprint density at radius 2 is 2.44 bits per heavy atom. The fourth-order valence-electron chi connectivity index (χ4n) is 0.361. The largest absolute Gasteiger partial charge is 0.347 e. The molecule has 0 aliphatic carbocycles. The van der Waals surface area contributed by atoms with Crippen molar-refractivity contribution in [3.63, 3.8) is 0 Å². The molecule has 1 N–H and O–H groups in total. The van der Waals surface area contributed by atoms with Crippen LogP contribution in [-0.4, -0.2) is 37.9 Å². The third-order valence-corrected chi connectivity index (χ3v) is 0.988. The number of rotatable bonds is 2. The molecule has 0 aromatic heterocycles. The predicted octanol–water partition coefficient (Wildman–Crippen LogP) is -0.318. The van der Waals surface area contributed by atoms with Crippen LogP contribution in [0.25, 0.3) is 0 Å². The lowest BCUT2D eigenvalue weighted by atomic mass is 10.3. The number of likely N-dealkylation sites (N-methyl/N-ethyl adjacent to an activating group) is 2. The minimum absolute atomic E-state index is 0.0310. The highest BCUT2D eigenvalue weighted by atomic mass is 16.2. The monoisotopic (exact) mass is 133 g/mol. The highest BCUT2D eigenvalue weighted by Crippen LogP contribution is 1.85. The topological polar surface area (TPSA) is 32.3 Å². The summed E-state index contributed by atoms with van der Waals surface area (Å²) < 4.78 is 20.7. The van der Waals surface area contributed by atoms with Gasteiger partial charge in [-0.2, -0.15) is 0 Å². The summed E-state index contributed by atoms with van der Waals surface area (Å²) in [6, 6.07) is -0.474. The molecule has 0 rings (SSSR count). The van der Waals surface area contributed by atoms with Crippen LogP contribution in [0.5, 0.6) is 0 Å². The Morgan fingerprint density at radius 3 is 2.89 bits per heavy atom. The normalized spacial score (nSPS) is 17.2. The second kappa shape index (κ2) is 3.45. The molecule has 3 heteroatoms. The van der Waals surface area contributed by atoms with E-state index in [1.807, 2.05) is 0 Å². The van der Waals surface area contributed by atoms with Crippen molar-refractivity contribution < 1.29 is 8.91 Å². The molecule has 0 aromatic carbocycles. The van der Waals surface area contributed by atoms with Gasteiger partial charge in [-0.25, -0.2) is 0 Å². The van der Waals surface area contributed by atoms with Crippen LogP contribution in [0.1, 0.15) is 11.0 Å². The van der Waals surface area contributed by atoms with Crippen molar-refractivity contribution in [1.29, 1.82) is 0 Å². The van der Waals surface area contributed by atoms with E-state index in [0.29, 0.717) is 0 Å². The summed E-state index contributed by atoms with van der Waals surface area (Å²) in [5.41, 5.74) is 0. The maximum absolute atomic E-state index is 11.2. The van der Waals surface area contributed by atoms with Gasteiger partial charge in [-0.05, 0) is 13.9 Å². The summed E-state index contributed by atoms with van der Waals surface area (Å²) in [4.78, 5) is 12.3. The molecule has 0 unspecified atom stereocenters. The second-order valence-corrected chi connectivity index (χ2v) is 1.80. The van der Waals surface area contributed by atoms with Gasteiger partial charge in [0.1, 0.15) is 0 Å². The maximum atomic E-state index is 11.2. The number of hydrogen-bond donors (Lipinski definition) is 1. The molecule has 3 nitrogen and oxygen atoms in total. The first kappa shape index (κ1) is 4.28. The number of amides is 1. The van der Waals surface area contributed by atoms with E-state index in [-0.39, 0.29) is 27.0 Å². The lowest BCUT2D eigenvalue weighted by Crippen LogP contribution is -2.39. The highest BCUT2D eigenvalue weighted by Gasteiger charge is 2.10. The minimum Gasteiger partial charge on any atom is -0.347 e. The molecule has 0 heterocycles. The van der Waals surface area contributed by atoms with E-state index in [0.717, 1.165) is 4.90 Å². The average molecular weight is 133 g/mol. The van der Waals surface area contributed by atoms with Crippen LogP contribution in [0.3, 0.4) is 0 Å². The molecule has 0 spiro atoms. The summed E-state index contributed by atoms with van der Waals surface area (Å²) in [7, 11) is -0.435. The fourth-order valence-corrected chi connectivity index (χ4v) is 0.361. The molecule has 0 radical (unpaired) electrons. The molecule has 1 amide bonds. The van der Waals surface area contributed by atoms with Gasteiger partial charge < -0.3 is 10.2 Å². The van der Waals surface area contributed by atoms with Crippen molar-refractivity contribution in [3.05, 3.63) is 0 Å². The zero-order valence-electron chi connectivity index (χ0n) is 8.55. The van der Waals surface area contributed by atoms with Crippen molar-refractivity contribution in [2.24, 2.45) is 0 Å². The number of nitrogens with one attached hydrogen (secondary N) is 1.